The molecule has 0 aliphatic heterocycles. The number of hydrogen-bond acceptors (Lipinski definition) is 6. The molecule has 1 rings (SSSR count). The van der Waals surface area contributed by atoms with Gasteiger partial charge in [-0.2, -0.15) is 0 Å². The molecule has 0 saturated carbocycles. The molecule has 0 aromatic carbocycles. The van der Waals surface area contributed by atoms with Crippen LogP contribution >= 0.6 is 0 Å². The fourth-order valence-corrected chi connectivity index (χ4v) is 1.05. The first-order valence-corrected chi connectivity index (χ1v) is 5.13. The summed E-state index contributed by atoms with van der Waals surface area (Å²) in [7, 11) is 0. The van der Waals surface area contributed by atoms with E-state index in [0.29, 0.717) is 26.3 Å². The lowest BCUT2D eigenvalue weighted by atomic mass is 10.5. The van der Waals surface area contributed by atoms with Crippen LogP contribution in [-0.2, 0) is 16.0 Å². The topological polar surface area (TPSA) is 92.3 Å². The fraction of sp³-hybridized carbons (Fsp3) is 0.667. The third-order valence-electron chi connectivity index (χ3n) is 1.77. The van der Waals surface area contributed by atoms with Crippen molar-refractivity contribution in [1.82, 2.24) is 15.0 Å². The van der Waals surface area contributed by atoms with E-state index in [0.717, 1.165) is 0 Å². The van der Waals surface area contributed by atoms with Gasteiger partial charge in [0.05, 0.1) is 19.3 Å². The third kappa shape index (κ3) is 3.95. The molecular weight excluding hydrogens is 212 g/mol. The average Bonchev–Trinajstić information content (AvgIpc) is 2.73. The highest BCUT2D eigenvalue weighted by molar-refractivity contribution is 5.86. The van der Waals surface area contributed by atoms with Gasteiger partial charge in [0.15, 0.2) is 5.69 Å². The van der Waals surface area contributed by atoms with Gasteiger partial charge in [0.1, 0.15) is 6.61 Å². The Morgan fingerprint density at radius 2 is 2.38 bits per heavy atom. The number of esters is 1. The van der Waals surface area contributed by atoms with Crippen molar-refractivity contribution in [2.24, 2.45) is 5.73 Å². The van der Waals surface area contributed by atoms with Crippen LogP contribution in [0.1, 0.15) is 17.4 Å². The molecule has 7 nitrogen and oxygen atoms in total. The number of hydrogen-bond donors (Lipinski definition) is 1. The Bertz CT molecular complexity index is 326. The summed E-state index contributed by atoms with van der Waals surface area (Å²) >= 11 is 0. The van der Waals surface area contributed by atoms with Crippen LogP contribution in [0, 0.1) is 0 Å². The van der Waals surface area contributed by atoms with E-state index in [9.17, 15) is 4.79 Å². The van der Waals surface area contributed by atoms with Gasteiger partial charge >= 0.3 is 5.97 Å². The lowest BCUT2D eigenvalue weighted by molar-refractivity contribution is 0.0329. The van der Waals surface area contributed by atoms with Crippen molar-refractivity contribution in [3.05, 3.63) is 11.9 Å². The Balaban J connectivity index is 2.34. The molecule has 1 aromatic heterocycles. The summed E-state index contributed by atoms with van der Waals surface area (Å²) in [5.74, 6) is -0.497. The monoisotopic (exact) mass is 228 g/mol. The molecule has 0 radical (unpaired) electrons. The predicted molar refractivity (Wildman–Crippen MR) is 55.9 cm³/mol. The summed E-state index contributed by atoms with van der Waals surface area (Å²) in [6, 6.07) is 0. The highest BCUT2D eigenvalue weighted by Gasteiger charge is 2.11. The van der Waals surface area contributed by atoms with Crippen LogP contribution in [-0.4, -0.2) is 47.3 Å². The highest BCUT2D eigenvalue weighted by atomic mass is 16.6. The Kier molecular flexibility index (Phi) is 5.44. The quantitative estimate of drug-likeness (QED) is 0.496. The van der Waals surface area contributed by atoms with E-state index in [1.807, 2.05) is 6.92 Å². The molecule has 1 heterocycles. The first-order chi connectivity index (χ1) is 7.77. The van der Waals surface area contributed by atoms with Crippen molar-refractivity contribution in [3.8, 4) is 0 Å². The van der Waals surface area contributed by atoms with Gasteiger partial charge < -0.3 is 15.2 Å². The van der Waals surface area contributed by atoms with Gasteiger partial charge in [-0.25, -0.2) is 4.79 Å². The largest absolute Gasteiger partial charge is 0.458 e. The molecule has 0 aliphatic carbocycles. The van der Waals surface area contributed by atoms with Crippen molar-refractivity contribution in [3.63, 3.8) is 0 Å². The minimum atomic E-state index is -0.497. The van der Waals surface area contributed by atoms with Gasteiger partial charge in [0, 0.05) is 13.2 Å². The van der Waals surface area contributed by atoms with E-state index < -0.39 is 5.97 Å². The maximum absolute atomic E-state index is 11.4. The van der Waals surface area contributed by atoms with Crippen LogP contribution in [0.2, 0.25) is 0 Å². The number of ether oxygens (including phenoxy) is 2. The van der Waals surface area contributed by atoms with Gasteiger partial charge in [-0.1, -0.05) is 5.21 Å². The molecule has 90 valence electrons. The molecule has 2 N–H and O–H groups in total. The fourth-order valence-electron chi connectivity index (χ4n) is 1.05. The van der Waals surface area contributed by atoms with E-state index in [2.05, 4.69) is 10.3 Å². The number of nitrogens with two attached hydrogens (primary N) is 1. The van der Waals surface area contributed by atoms with Crippen LogP contribution in [0.3, 0.4) is 0 Å². The average molecular weight is 228 g/mol. The molecule has 0 aliphatic rings. The molecule has 0 unspecified atom stereocenters. The SMILES string of the molecule is CCOCCOC(=O)c1cn(CCN)nn1. The minimum Gasteiger partial charge on any atom is -0.458 e. The minimum absolute atomic E-state index is 0.185. The van der Waals surface area contributed by atoms with Crippen LogP contribution in [0.25, 0.3) is 0 Å². The lowest BCUT2D eigenvalue weighted by Gasteiger charge is -2.01. The number of nitrogens with zero attached hydrogens (tertiary/aromatic N) is 3. The first-order valence-electron chi connectivity index (χ1n) is 5.13. The maximum atomic E-state index is 11.4. The van der Waals surface area contributed by atoms with Crippen LogP contribution in [0.15, 0.2) is 6.20 Å². The molecule has 7 heteroatoms. The zero-order valence-corrected chi connectivity index (χ0v) is 9.26. The standard InChI is InChI=1S/C9H16N4O3/c1-2-15-5-6-16-9(14)8-7-13(4-3-10)12-11-8/h7H,2-6,10H2,1H3. The molecule has 0 bridgehead atoms. The summed E-state index contributed by atoms with van der Waals surface area (Å²) in [4.78, 5) is 11.4. The smallest absolute Gasteiger partial charge is 0.360 e. The number of rotatable bonds is 7. The van der Waals surface area contributed by atoms with E-state index in [-0.39, 0.29) is 12.3 Å². The van der Waals surface area contributed by atoms with Crippen molar-refractivity contribution in [2.45, 2.75) is 13.5 Å². The first kappa shape index (κ1) is 12.6. The molecule has 0 amide bonds. The maximum Gasteiger partial charge on any atom is 0.360 e. The predicted octanol–water partition coefficient (Wildman–Crippen LogP) is -0.570. The van der Waals surface area contributed by atoms with E-state index in [1.54, 1.807) is 0 Å². The Morgan fingerprint density at radius 1 is 1.56 bits per heavy atom. The highest BCUT2D eigenvalue weighted by Crippen LogP contribution is 1.96. The van der Waals surface area contributed by atoms with Crippen LogP contribution in [0.4, 0.5) is 0 Å². The van der Waals surface area contributed by atoms with Crippen molar-refractivity contribution in [2.75, 3.05) is 26.4 Å². The molecular formula is C9H16N4O3. The third-order valence-corrected chi connectivity index (χ3v) is 1.77. The zero-order chi connectivity index (χ0) is 11.8. The molecule has 0 saturated heterocycles. The second kappa shape index (κ2) is 6.91. The Labute approximate surface area is 93.5 Å². The molecule has 0 fully saturated rings. The normalized spacial score (nSPS) is 10.4. The zero-order valence-electron chi connectivity index (χ0n) is 9.26. The summed E-state index contributed by atoms with van der Waals surface area (Å²) in [6.07, 6.45) is 1.51. The van der Waals surface area contributed by atoms with Gasteiger partial charge in [-0.05, 0) is 6.92 Å². The Hall–Kier alpha value is -1.47. The summed E-state index contributed by atoms with van der Waals surface area (Å²) in [6.45, 7) is 4.06. The second-order valence-corrected chi connectivity index (χ2v) is 2.99. The van der Waals surface area contributed by atoms with Crippen LogP contribution < -0.4 is 5.73 Å². The summed E-state index contributed by atoms with van der Waals surface area (Å²) < 4.78 is 11.4. The van der Waals surface area contributed by atoms with Crippen LogP contribution in [0.5, 0.6) is 0 Å². The summed E-state index contributed by atoms with van der Waals surface area (Å²) in [5.41, 5.74) is 5.52. The van der Waals surface area contributed by atoms with Crippen molar-refractivity contribution < 1.29 is 14.3 Å². The van der Waals surface area contributed by atoms with Gasteiger partial charge in [-0.3, -0.25) is 4.68 Å². The van der Waals surface area contributed by atoms with E-state index in [1.165, 1.54) is 10.9 Å². The number of carbonyl (C=O) groups excluding carboxylic acids is 1. The molecule has 0 spiro atoms. The van der Waals surface area contributed by atoms with Gasteiger partial charge in [0.2, 0.25) is 0 Å². The lowest BCUT2D eigenvalue weighted by Crippen LogP contribution is -2.11. The van der Waals surface area contributed by atoms with E-state index >= 15 is 0 Å². The van der Waals surface area contributed by atoms with Gasteiger partial charge in [-0.15, -0.1) is 5.10 Å². The second-order valence-electron chi connectivity index (χ2n) is 2.99. The Morgan fingerprint density at radius 3 is 3.06 bits per heavy atom. The van der Waals surface area contributed by atoms with Crippen molar-refractivity contribution >= 4 is 5.97 Å². The van der Waals surface area contributed by atoms with Gasteiger partial charge in [0.25, 0.3) is 0 Å². The molecule has 1 aromatic rings. The van der Waals surface area contributed by atoms with Crippen molar-refractivity contribution in [1.29, 1.82) is 0 Å². The number of aromatic nitrogens is 3. The molecule has 0 atom stereocenters. The number of carbonyl (C=O) groups is 1. The molecule has 16 heavy (non-hydrogen) atoms. The summed E-state index contributed by atoms with van der Waals surface area (Å²) in [5, 5.41) is 7.40. The van der Waals surface area contributed by atoms with E-state index in [4.69, 9.17) is 15.2 Å².